The van der Waals surface area contributed by atoms with Crippen molar-refractivity contribution in [2.45, 2.75) is 32.4 Å². The summed E-state index contributed by atoms with van der Waals surface area (Å²) in [6.07, 6.45) is 1.57. The molecule has 80 valence electrons. The van der Waals surface area contributed by atoms with E-state index in [2.05, 4.69) is 6.92 Å². The number of carbonyl (C=O) groups is 1. The third-order valence-corrected chi connectivity index (χ3v) is 2.89. The second kappa shape index (κ2) is 4.01. The molecular weight excluding hydrogens is 193 g/mol. The maximum atomic E-state index is 12.7. The van der Waals surface area contributed by atoms with Gasteiger partial charge < -0.3 is 4.90 Å². The highest BCUT2D eigenvalue weighted by Crippen LogP contribution is 2.20. The molecule has 0 unspecified atom stereocenters. The quantitative estimate of drug-likeness (QED) is 0.729. The molecule has 2 rings (SSSR count). The number of likely N-dealkylation sites (tertiary alicyclic amines) is 1. The summed E-state index contributed by atoms with van der Waals surface area (Å²) in [4.78, 5) is 13.4. The molecule has 1 saturated heterocycles. The van der Waals surface area contributed by atoms with E-state index in [1.165, 1.54) is 12.1 Å². The SMILES string of the molecule is C[C@@H]1CCC(=O)N1Cc1ccc(F)cc1. The van der Waals surface area contributed by atoms with Crippen LogP contribution in [0.2, 0.25) is 0 Å². The molecule has 1 aromatic rings. The maximum absolute atomic E-state index is 12.7. The molecule has 1 aromatic carbocycles. The lowest BCUT2D eigenvalue weighted by Crippen LogP contribution is -2.30. The van der Waals surface area contributed by atoms with E-state index in [0.717, 1.165) is 12.0 Å². The highest BCUT2D eigenvalue weighted by molar-refractivity contribution is 5.78. The molecule has 2 nitrogen and oxygen atoms in total. The lowest BCUT2D eigenvalue weighted by Gasteiger charge is -2.21. The summed E-state index contributed by atoms with van der Waals surface area (Å²) >= 11 is 0. The van der Waals surface area contributed by atoms with Crippen LogP contribution in [0.15, 0.2) is 24.3 Å². The highest BCUT2D eigenvalue weighted by atomic mass is 19.1. The van der Waals surface area contributed by atoms with Crippen LogP contribution >= 0.6 is 0 Å². The van der Waals surface area contributed by atoms with Crippen molar-refractivity contribution in [3.63, 3.8) is 0 Å². The molecule has 0 radical (unpaired) electrons. The predicted molar refractivity (Wildman–Crippen MR) is 55.6 cm³/mol. The van der Waals surface area contributed by atoms with Crippen LogP contribution in [-0.4, -0.2) is 16.8 Å². The van der Waals surface area contributed by atoms with Gasteiger partial charge in [0.2, 0.25) is 5.91 Å². The standard InChI is InChI=1S/C12H14FNO/c1-9-2-7-12(15)14(9)8-10-3-5-11(13)6-4-10/h3-6,9H,2,7-8H2,1H3/t9-/m1/s1. The lowest BCUT2D eigenvalue weighted by atomic mass is 10.2. The van der Waals surface area contributed by atoms with Gasteiger partial charge in [-0.25, -0.2) is 4.39 Å². The molecule has 1 aliphatic rings. The van der Waals surface area contributed by atoms with E-state index < -0.39 is 0 Å². The van der Waals surface area contributed by atoms with Crippen molar-refractivity contribution in [3.8, 4) is 0 Å². The molecular formula is C12H14FNO. The van der Waals surface area contributed by atoms with E-state index in [1.54, 1.807) is 12.1 Å². The fourth-order valence-electron chi connectivity index (χ4n) is 1.91. The number of carbonyl (C=O) groups excluding carboxylic acids is 1. The molecule has 1 aliphatic heterocycles. The third-order valence-electron chi connectivity index (χ3n) is 2.89. The molecule has 1 amide bonds. The second-order valence-corrected chi connectivity index (χ2v) is 4.04. The molecule has 0 bridgehead atoms. The molecule has 0 aromatic heterocycles. The molecule has 0 N–H and O–H groups in total. The largest absolute Gasteiger partial charge is 0.336 e. The zero-order valence-corrected chi connectivity index (χ0v) is 8.74. The van der Waals surface area contributed by atoms with Crippen LogP contribution in [0.3, 0.4) is 0 Å². The van der Waals surface area contributed by atoms with E-state index >= 15 is 0 Å². The van der Waals surface area contributed by atoms with E-state index in [1.807, 2.05) is 4.90 Å². The van der Waals surface area contributed by atoms with E-state index in [0.29, 0.717) is 19.0 Å². The van der Waals surface area contributed by atoms with Crippen molar-refractivity contribution in [2.75, 3.05) is 0 Å². The summed E-state index contributed by atoms with van der Waals surface area (Å²) in [6, 6.07) is 6.63. The topological polar surface area (TPSA) is 20.3 Å². The van der Waals surface area contributed by atoms with E-state index in [9.17, 15) is 9.18 Å². The molecule has 15 heavy (non-hydrogen) atoms. The summed E-state index contributed by atoms with van der Waals surface area (Å²) < 4.78 is 12.7. The van der Waals surface area contributed by atoms with Crippen LogP contribution in [0.5, 0.6) is 0 Å². The smallest absolute Gasteiger partial charge is 0.223 e. The molecule has 0 saturated carbocycles. The Bertz CT molecular complexity index is 360. The zero-order chi connectivity index (χ0) is 10.8. The van der Waals surface area contributed by atoms with Gasteiger partial charge in [0.1, 0.15) is 5.82 Å². The van der Waals surface area contributed by atoms with Gasteiger partial charge in [0, 0.05) is 19.0 Å². The van der Waals surface area contributed by atoms with Crippen molar-refractivity contribution >= 4 is 5.91 Å². The van der Waals surface area contributed by atoms with Gasteiger partial charge in [-0.3, -0.25) is 4.79 Å². The Kier molecular flexibility index (Phi) is 2.71. The Morgan fingerprint density at radius 3 is 2.60 bits per heavy atom. The molecule has 3 heteroatoms. The minimum Gasteiger partial charge on any atom is -0.336 e. The van der Waals surface area contributed by atoms with Crippen molar-refractivity contribution in [1.29, 1.82) is 0 Å². The first kappa shape index (κ1) is 10.1. The second-order valence-electron chi connectivity index (χ2n) is 4.04. The van der Waals surface area contributed by atoms with Gasteiger partial charge in [0.15, 0.2) is 0 Å². The summed E-state index contributed by atoms with van der Waals surface area (Å²) in [5, 5.41) is 0. The van der Waals surface area contributed by atoms with Gasteiger partial charge in [0.05, 0.1) is 0 Å². The Morgan fingerprint density at radius 2 is 2.07 bits per heavy atom. The number of benzene rings is 1. The highest BCUT2D eigenvalue weighted by Gasteiger charge is 2.26. The number of amides is 1. The van der Waals surface area contributed by atoms with Crippen molar-refractivity contribution in [2.24, 2.45) is 0 Å². The van der Waals surface area contributed by atoms with Crippen LogP contribution in [0.25, 0.3) is 0 Å². The van der Waals surface area contributed by atoms with Crippen molar-refractivity contribution in [1.82, 2.24) is 4.90 Å². The molecule has 0 aliphatic carbocycles. The van der Waals surface area contributed by atoms with Gasteiger partial charge >= 0.3 is 0 Å². The summed E-state index contributed by atoms with van der Waals surface area (Å²) in [6.45, 7) is 2.65. The lowest BCUT2D eigenvalue weighted by molar-refractivity contribution is -0.129. The molecule has 1 heterocycles. The first-order valence-corrected chi connectivity index (χ1v) is 5.21. The summed E-state index contributed by atoms with van der Waals surface area (Å²) in [5.41, 5.74) is 0.985. The maximum Gasteiger partial charge on any atom is 0.223 e. The normalized spacial score (nSPS) is 21.1. The summed E-state index contributed by atoms with van der Waals surface area (Å²) in [5.74, 6) is -0.0358. The monoisotopic (exact) mass is 207 g/mol. The number of hydrogen-bond donors (Lipinski definition) is 0. The first-order valence-electron chi connectivity index (χ1n) is 5.21. The van der Waals surface area contributed by atoms with Gasteiger partial charge in [-0.1, -0.05) is 12.1 Å². The Morgan fingerprint density at radius 1 is 1.40 bits per heavy atom. The molecule has 1 atom stereocenters. The fraction of sp³-hybridized carbons (Fsp3) is 0.417. The van der Waals surface area contributed by atoms with Gasteiger partial charge in [-0.2, -0.15) is 0 Å². The van der Waals surface area contributed by atoms with Crippen LogP contribution in [0, 0.1) is 5.82 Å². The van der Waals surface area contributed by atoms with Gasteiger partial charge in [-0.15, -0.1) is 0 Å². The Hall–Kier alpha value is -1.38. The van der Waals surface area contributed by atoms with Crippen LogP contribution in [0.4, 0.5) is 4.39 Å². The molecule has 0 spiro atoms. The molecule has 1 fully saturated rings. The van der Waals surface area contributed by atoms with Gasteiger partial charge in [0.25, 0.3) is 0 Å². The minimum atomic E-state index is -0.237. The minimum absolute atomic E-state index is 0.201. The zero-order valence-electron chi connectivity index (χ0n) is 8.74. The number of hydrogen-bond acceptors (Lipinski definition) is 1. The Labute approximate surface area is 88.7 Å². The average Bonchev–Trinajstić information content (AvgIpc) is 2.53. The van der Waals surface area contributed by atoms with E-state index in [4.69, 9.17) is 0 Å². The third kappa shape index (κ3) is 2.17. The number of rotatable bonds is 2. The number of halogens is 1. The van der Waals surface area contributed by atoms with Crippen molar-refractivity contribution in [3.05, 3.63) is 35.6 Å². The Balaban J connectivity index is 2.08. The van der Waals surface area contributed by atoms with Gasteiger partial charge in [-0.05, 0) is 31.0 Å². The van der Waals surface area contributed by atoms with Crippen LogP contribution in [0.1, 0.15) is 25.3 Å². The van der Waals surface area contributed by atoms with E-state index in [-0.39, 0.29) is 11.7 Å². The summed E-state index contributed by atoms with van der Waals surface area (Å²) in [7, 11) is 0. The number of nitrogens with zero attached hydrogens (tertiary/aromatic N) is 1. The van der Waals surface area contributed by atoms with Crippen molar-refractivity contribution < 1.29 is 9.18 Å². The van der Waals surface area contributed by atoms with Crippen LogP contribution < -0.4 is 0 Å². The average molecular weight is 207 g/mol. The predicted octanol–water partition coefficient (Wildman–Crippen LogP) is 2.34. The first-order chi connectivity index (χ1) is 7.16. The fourth-order valence-corrected chi connectivity index (χ4v) is 1.91. The van der Waals surface area contributed by atoms with Crippen LogP contribution in [-0.2, 0) is 11.3 Å².